The lowest BCUT2D eigenvalue weighted by Crippen LogP contribution is -2.28. The largest absolute Gasteiger partial charge is 0.390 e. The van der Waals surface area contributed by atoms with Crippen LogP contribution in [0.5, 0.6) is 0 Å². The second kappa shape index (κ2) is 6.13. The molecule has 1 rings (SSSR count). The average Bonchev–Trinajstić information content (AvgIpc) is 2.26. The van der Waals surface area contributed by atoms with Crippen molar-refractivity contribution >= 4 is 0 Å². The highest BCUT2D eigenvalue weighted by molar-refractivity contribution is 5.22. The normalized spacial score (nSPS) is 13.7. The van der Waals surface area contributed by atoms with Crippen LogP contribution in [0.15, 0.2) is 18.2 Å². The lowest BCUT2D eigenvalue weighted by molar-refractivity contribution is -0.140. The minimum Gasteiger partial charge on any atom is -0.310 e. The van der Waals surface area contributed by atoms with Crippen molar-refractivity contribution in [2.45, 2.75) is 32.0 Å². The minimum atomic E-state index is -4.44. The molecule has 0 saturated heterocycles. The molecule has 6 heteroatoms. The molecule has 0 radical (unpaired) electrons. The van der Waals surface area contributed by atoms with E-state index in [4.69, 9.17) is 0 Å². The molecule has 0 bridgehead atoms. The van der Waals surface area contributed by atoms with E-state index in [9.17, 15) is 22.0 Å². The first-order chi connectivity index (χ1) is 8.33. The SMILES string of the molecule is CCCNC(CC(F)(F)F)c1cc(F)ccc1F. The molecule has 0 saturated carbocycles. The Morgan fingerprint density at radius 1 is 1.22 bits per heavy atom. The van der Waals surface area contributed by atoms with Crippen LogP contribution in [-0.4, -0.2) is 12.7 Å². The van der Waals surface area contributed by atoms with Crippen LogP contribution in [0, 0.1) is 11.6 Å². The van der Waals surface area contributed by atoms with E-state index >= 15 is 0 Å². The molecule has 0 fully saturated rings. The van der Waals surface area contributed by atoms with Crippen LogP contribution >= 0.6 is 0 Å². The Labute approximate surface area is 102 Å². The van der Waals surface area contributed by atoms with Gasteiger partial charge >= 0.3 is 6.18 Å². The Hall–Kier alpha value is -1.17. The van der Waals surface area contributed by atoms with E-state index in [1.54, 1.807) is 6.92 Å². The summed E-state index contributed by atoms with van der Waals surface area (Å²) in [6.07, 6.45) is -5.07. The number of alkyl halides is 3. The molecule has 0 aliphatic carbocycles. The zero-order valence-electron chi connectivity index (χ0n) is 9.82. The van der Waals surface area contributed by atoms with Crippen LogP contribution in [0.2, 0.25) is 0 Å². The predicted octanol–water partition coefficient (Wildman–Crippen LogP) is 3.96. The molecule has 1 atom stereocenters. The molecule has 1 aromatic rings. The molecule has 1 nitrogen and oxygen atoms in total. The van der Waals surface area contributed by atoms with Crippen molar-refractivity contribution in [3.63, 3.8) is 0 Å². The number of hydrogen-bond acceptors (Lipinski definition) is 1. The monoisotopic (exact) mass is 267 g/mol. The van der Waals surface area contributed by atoms with Crippen LogP contribution in [0.25, 0.3) is 0 Å². The lowest BCUT2D eigenvalue weighted by atomic mass is 10.0. The fraction of sp³-hybridized carbons (Fsp3) is 0.500. The molecular formula is C12H14F5N. The van der Waals surface area contributed by atoms with Crippen molar-refractivity contribution in [3.8, 4) is 0 Å². The molecule has 0 heterocycles. The van der Waals surface area contributed by atoms with Crippen molar-refractivity contribution in [2.75, 3.05) is 6.54 Å². The molecular weight excluding hydrogens is 253 g/mol. The molecule has 18 heavy (non-hydrogen) atoms. The minimum absolute atomic E-state index is 0.291. The number of rotatable bonds is 5. The van der Waals surface area contributed by atoms with Crippen LogP contribution < -0.4 is 5.32 Å². The average molecular weight is 267 g/mol. The molecule has 102 valence electrons. The van der Waals surface area contributed by atoms with Crippen molar-refractivity contribution < 1.29 is 22.0 Å². The Balaban J connectivity index is 2.97. The Morgan fingerprint density at radius 2 is 1.89 bits per heavy atom. The third-order valence-corrected chi connectivity index (χ3v) is 2.41. The molecule has 1 unspecified atom stereocenters. The first-order valence-electron chi connectivity index (χ1n) is 5.58. The van der Waals surface area contributed by atoms with Crippen molar-refractivity contribution in [3.05, 3.63) is 35.4 Å². The van der Waals surface area contributed by atoms with Gasteiger partial charge < -0.3 is 5.32 Å². The number of benzene rings is 1. The molecule has 0 aliphatic heterocycles. The van der Waals surface area contributed by atoms with Gasteiger partial charge in [-0.2, -0.15) is 13.2 Å². The van der Waals surface area contributed by atoms with Crippen LogP contribution in [0.1, 0.15) is 31.4 Å². The molecule has 1 N–H and O–H groups in total. The van der Waals surface area contributed by atoms with E-state index in [0.717, 1.165) is 18.2 Å². The summed E-state index contributed by atoms with van der Waals surface area (Å²) in [4.78, 5) is 0. The zero-order chi connectivity index (χ0) is 13.8. The maximum absolute atomic E-state index is 13.4. The van der Waals surface area contributed by atoms with Gasteiger partial charge in [-0.1, -0.05) is 6.92 Å². The maximum atomic E-state index is 13.4. The maximum Gasteiger partial charge on any atom is 0.390 e. The highest BCUT2D eigenvalue weighted by atomic mass is 19.4. The van der Waals surface area contributed by atoms with Gasteiger partial charge in [-0.25, -0.2) is 8.78 Å². The predicted molar refractivity (Wildman–Crippen MR) is 58.1 cm³/mol. The highest BCUT2D eigenvalue weighted by Crippen LogP contribution is 2.31. The number of nitrogens with one attached hydrogen (secondary N) is 1. The van der Waals surface area contributed by atoms with Crippen molar-refractivity contribution in [2.24, 2.45) is 0 Å². The highest BCUT2D eigenvalue weighted by Gasteiger charge is 2.33. The summed E-state index contributed by atoms with van der Waals surface area (Å²) < 4.78 is 63.6. The standard InChI is InChI=1S/C12H14F5N/c1-2-5-18-11(7-12(15,16)17)9-6-8(13)3-4-10(9)14/h3-4,6,11,18H,2,5,7H2,1H3. The lowest BCUT2D eigenvalue weighted by Gasteiger charge is -2.21. The van der Waals surface area contributed by atoms with E-state index in [0.29, 0.717) is 13.0 Å². The topological polar surface area (TPSA) is 12.0 Å². The number of halogens is 5. The summed E-state index contributed by atoms with van der Waals surface area (Å²) in [7, 11) is 0. The first-order valence-corrected chi connectivity index (χ1v) is 5.58. The van der Waals surface area contributed by atoms with Crippen LogP contribution in [-0.2, 0) is 0 Å². The van der Waals surface area contributed by atoms with Gasteiger partial charge in [0.25, 0.3) is 0 Å². The zero-order valence-corrected chi connectivity index (χ0v) is 9.82. The summed E-state index contributed by atoms with van der Waals surface area (Å²) in [5, 5.41) is 2.58. The van der Waals surface area contributed by atoms with E-state index in [1.807, 2.05) is 0 Å². The molecule has 1 aromatic carbocycles. The van der Waals surface area contributed by atoms with Gasteiger partial charge in [-0.3, -0.25) is 0 Å². The van der Waals surface area contributed by atoms with E-state index in [1.165, 1.54) is 0 Å². The second-order valence-electron chi connectivity index (χ2n) is 3.99. The van der Waals surface area contributed by atoms with Gasteiger partial charge in [0, 0.05) is 11.6 Å². The van der Waals surface area contributed by atoms with E-state index in [2.05, 4.69) is 5.32 Å². The quantitative estimate of drug-likeness (QED) is 0.796. The van der Waals surface area contributed by atoms with Gasteiger partial charge in [0.1, 0.15) is 11.6 Å². The van der Waals surface area contributed by atoms with E-state index in [-0.39, 0.29) is 5.56 Å². The molecule has 0 spiro atoms. The first kappa shape index (κ1) is 14.9. The summed E-state index contributed by atoms with van der Waals surface area (Å²) in [5.74, 6) is -1.59. The number of hydrogen-bond donors (Lipinski definition) is 1. The molecule has 0 aromatic heterocycles. The fourth-order valence-corrected chi connectivity index (χ4v) is 1.62. The Kier molecular flexibility index (Phi) is 5.07. The van der Waals surface area contributed by atoms with E-state index < -0.39 is 30.3 Å². The van der Waals surface area contributed by atoms with Crippen LogP contribution in [0.3, 0.4) is 0 Å². The molecule has 0 aliphatic rings. The Morgan fingerprint density at radius 3 is 2.44 bits per heavy atom. The third kappa shape index (κ3) is 4.60. The van der Waals surface area contributed by atoms with Gasteiger partial charge in [-0.15, -0.1) is 0 Å². The second-order valence-corrected chi connectivity index (χ2v) is 3.99. The summed E-state index contributed by atoms with van der Waals surface area (Å²) in [5.41, 5.74) is -0.291. The van der Waals surface area contributed by atoms with Crippen molar-refractivity contribution in [1.29, 1.82) is 0 Å². The summed E-state index contributed by atoms with van der Waals surface area (Å²) in [6.45, 7) is 2.08. The molecule has 0 amide bonds. The van der Waals surface area contributed by atoms with Crippen molar-refractivity contribution in [1.82, 2.24) is 5.32 Å². The van der Waals surface area contributed by atoms with Gasteiger partial charge in [-0.05, 0) is 31.2 Å². The third-order valence-electron chi connectivity index (χ3n) is 2.41. The summed E-state index contributed by atoms with van der Waals surface area (Å²) in [6, 6.07) is 1.25. The van der Waals surface area contributed by atoms with Crippen LogP contribution in [0.4, 0.5) is 22.0 Å². The summed E-state index contributed by atoms with van der Waals surface area (Å²) >= 11 is 0. The van der Waals surface area contributed by atoms with Gasteiger partial charge in [0.15, 0.2) is 0 Å². The van der Waals surface area contributed by atoms with Gasteiger partial charge in [0.2, 0.25) is 0 Å². The smallest absolute Gasteiger partial charge is 0.310 e. The Bertz CT molecular complexity index is 389. The fourth-order valence-electron chi connectivity index (χ4n) is 1.62. The van der Waals surface area contributed by atoms with Gasteiger partial charge in [0.05, 0.1) is 6.42 Å².